The van der Waals surface area contributed by atoms with E-state index in [1.54, 1.807) is 18.6 Å². The molecule has 0 fully saturated rings. The minimum atomic E-state index is -0.158. The van der Waals surface area contributed by atoms with Gasteiger partial charge >= 0.3 is 0 Å². The number of hydrogen-bond donors (Lipinski definition) is 2. The average molecular weight is 447 g/mol. The molecule has 0 radical (unpaired) electrons. The molecule has 0 bridgehead atoms. The van der Waals surface area contributed by atoms with Crippen LogP contribution in [0.1, 0.15) is 12.5 Å². The van der Waals surface area contributed by atoms with E-state index in [1.165, 1.54) is 0 Å². The van der Waals surface area contributed by atoms with Crippen molar-refractivity contribution in [1.82, 2.24) is 15.0 Å². The van der Waals surface area contributed by atoms with E-state index in [-0.39, 0.29) is 5.91 Å². The van der Waals surface area contributed by atoms with Gasteiger partial charge in [0.2, 0.25) is 5.91 Å². The van der Waals surface area contributed by atoms with Crippen LogP contribution in [0.3, 0.4) is 0 Å². The number of nitrogens with zero attached hydrogens (tertiary/aromatic N) is 2. The molecular weight excluding hydrogens is 428 g/mol. The molecule has 0 saturated carbocycles. The predicted molar refractivity (Wildman–Crippen MR) is 120 cm³/mol. The van der Waals surface area contributed by atoms with Gasteiger partial charge in [0.15, 0.2) is 0 Å². The quantitative estimate of drug-likeness (QED) is 0.396. The standard InChI is InChI=1S/C23H19BrN4O/c1-15(7-16-5-6-21-19(9-16)12-25-14-27-21)8-23(29)28-22-11-18(13-26-22)17-3-2-4-20(24)10-17/h2-6,8-14,26H,7H2,1H3,(H,28,29). The molecule has 0 spiro atoms. The molecular formula is C23H19BrN4O. The molecule has 2 heterocycles. The zero-order valence-electron chi connectivity index (χ0n) is 15.8. The Kier molecular flexibility index (Phi) is 5.53. The Labute approximate surface area is 177 Å². The highest BCUT2D eigenvalue weighted by Gasteiger charge is 2.06. The number of benzene rings is 2. The summed E-state index contributed by atoms with van der Waals surface area (Å²) in [5.41, 5.74) is 5.09. The third kappa shape index (κ3) is 4.78. The molecule has 2 N–H and O–H groups in total. The second-order valence-electron chi connectivity index (χ2n) is 6.89. The van der Waals surface area contributed by atoms with Crippen LogP contribution >= 0.6 is 15.9 Å². The van der Waals surface area contributed by atoms with Crippen molar-refractivity contribution in [1.29, 1.82) is 0 Å². The highest BCUT2D eigenvalue weighted by Crippen LogP contribution is 2.25. The van der Waals surface area contributed by atoms with E-state index >= 15 is 0 Å². The first-order valence-electron chi connectivity index (χ1n) is 9.18. The van der Waals surface area contributed by atoms with Crippen LogP contribution in [-0.4, -0.2) is 20.9 Å². The zero-order chi connectivity index (χ0) is 20.2. The number of allylic oxidation sites excluding steroid dienone is 1. The van der Waals surface area contributed by atoms with Gasteiger partial charge in [-0.3, -0.25) is 4.79 Å². The summed E-state index contributed by atoms with van der Waals surface area (Å²) in [6, 6.07) is 16.0. The number of H-pyrrole nitrogens is 1. The van der Waals surface area contributed by atoms with Gasteiger partial charge in [0, 0.05) is 33.9 Å². The van der Waals surface area contributed by atoms with Crippen LogP contribution in [-0.2, 0) is 11.2 Å². The smallest absolute Gasteiger partial charge is 0.249 e. The van der Waals surface area contributed by atoms with Crippen molar-refractivity contribution in [2.75, 3.05) is 5.32 Å². The van der Waals surface area contributed by atoms with Gasteiger partial charge in [-0.05, 0) is 54.8 Å². The maximum Gasteiger partial charge on any atom is 0.249 e. The fourth-order valence-electron chi connectivity index (χ4n) is 3.21. The van der Waals surface area contributed by atoms with E-state index in [4.69, 9.17) is 0 Å². The summed E-state index contributed by atoms with van der Waals surface area (Å²) < 4.78 is 1.01. The summed E-state index contributed by atoms with van der Waals surface area (Å²) in [4.78, 5) is 23.8. The van der Waals surface area contributed by atoms with E-state index in [1.807, 2.05) is 55.6 Å². The third-order valence-corrected chi connectivity index (χ3v) is 5.02. The predicted octanol–water partition coefficient (Wildman–Crippen LogP) is 5.51. The van der Waals surface area contributed by atoms with E-state index in [0.717, 1.165) is 37.6 Å². The number of aromatic amines is 1. The lowest BCUT2D eigenvalue weighted by Gasteiger charge is -2.04. The van der Waals surface area contributed by atoms with Crippen LogP contribution in [0.5, 0.6) is 0 Å². The van der Waals surface area contributed by atoms with Gasteiger partial charge in [-0.25, -0.2) is 9.97 Å². The molecule has 1 amide bonds. The lowest BCUT2D eigenvalue weighted by atomic mass is 10.0. The van der Waals surface area contributed by atoms with Gasteiger partial charge in [-0.2, -0.15) is 0 Å². The number of amides is 1. The van der Waals surface area contributed by atoms with Gasteiger partial charge in [-0.15, -0.1) is 0 Å². The molecule has 29 heavy (non-hydrogen) atoms. The van der Waals surface area contributed by atoms with Gasteiger partial charge in [0.25, 0.3) is 0 Å². The van der Waals surface area contributed by atoms with Gasteiger partial charge in [0.1, 0.15) is 12.1 Å². The van der Waals surface area contributed by atoms with Crippen LogP contribution in [0, 0.1) is 0 Å². The average Bonchev–Trinajstić information content (AvgIpc) is 3.16. The number of nitrogens with one attached hydrogen (secondary N) is 2. The Morgan fingerprint density at radius 2 is 2.07 bits per heavy atom. The Balaban J connectivity index is 1.42. The normalized spacial score (nSPS) is 11.6. The monoisotopic (exact) mass is 446 g/mol. The number of carbonyl (C=O) groups is 1. The fraction of sp³-hybridized carbons (Fsp3) is 0.0870. The third-order valence-electron chi connectivity index (χ3n) is 4.53. The first-order valence-corrected chi connectivity index (χ1v) is 9.97. The van der Waals surface area contributed by atoms with Gasteiger partial charge in [-0.1, -0.05) is 39.7 Å². The lowest BCUT2D eigenvalue weighted by Crippen LogP contribution is -2.09. The van der Waals surface area contributed by atoms with Gasteiger partial charge in [0.05, 0.1) is 5.52 Å². The van der Waals surface area contributed by atoms with E-state index in [0.29, 0.717) is 12.2 Å². The zero-order valence-corrected chi connectivity index (χ0v) is 17.4. The molecule has 0 aliphatic carbocycles. The second-order valence-corrected chi connectivity index (χ2v) is 7.80. The number of halogens is 1. The molecule has 0 saturated heterocycles. The molecule has 5 nitrogen and oxygen atoms in total. The molecule has 2 aromatic heterocycles. The van der Waals surface area contributed by atoms with E-state index in [2.05, 4.69) is 42.3 Å². The van der Waals surface area contributed by atoms with Crippen LogP contribution in [0.4, 0.5) is 5.82 Å². The largest absolute Gasteiger partial charge is 0.348 e. The lowest BCUT2D eigenvalue weighted by molar-refractivity contribution is -0.112. The van der Waals surface area contributed by atoms with Crippen LogP contribution < -0.4 is 5.32 Å². The molecule has 2 aromatic carbocycles. The van der Waals surface area contributed by atoms with E-state index in [9.17, 15) is 4.79 Å². The summed E-state index contributed by atoms with van der Waals surface area (Å²) in [5, 5.41) is 3.88. The van der Waals surface area contributed by atoms with Crippen molar-refractivity contribution in [3.05, 3.63) is 88.9 Å². The van der Waals surface area contributed by atoms with Crippen LogP contribution in [0.25, 0.3) is 22.0 Å². The van der Waals surface area contributed by atoms with Crippen molar-refractivity contribution < 1.29 is 4.79 Å². The first-order chi connectivity index (χ1) is 14.1. The molecule has 6 heteroatoms. The topological polar surface area (TPSA) is 70.7 Å². The fourth-order valence-corrected chi connectivity index (χ4v) is 3.61. The molecule has 0 aliphatic rings. The molecule has 0 aliphatic heterocycles. The molecule has 0 unspecified atom stereocenters. The SMILES string of the molecule is CC(=CC(=O)Nc1cc(-c2cccc(Br)c2)c[nH]1)Cc1ccc2ncncc2c1. The van der Waals surface area contributed by atoms with Crippen molar-refractivity contribution in [2.45, 2.75) is 13.3 Å². The number of anilines is 1. The van der Waals surface area contributed by atoms with Crippen LogP contribution in [0.15, 0.2) is 83.4 Å². The number of hydrogen-bond acceptors (Lipinski definition) is 3. The number of aromatic nitrogens is 3. The number of rotatable bonds is 5. The van der Waals surface area contributed by atoms with Crippen LogP contribution in [0.2, 0.25) is 0 Å². The Hall–Kier alpha value is -3.25. The highest BCUT2D eigenvalue weighted by atomic mass is 79.9. The Morgan fingerprint density at radius 1 is 1.17 bits per heavy atom. The van der Waals surface area contributed by atoms with Crippen molar-refractivity contribution in [3.63, 3.8) is 0 Å². The second kappa shape index (κ2) is 8.41. The highest BCUT2D eigenvalue weighted by molar-refractivity contribution is 9.10. The minimum Gasteiger partial charge on any atom is -0.348 e. The summed E-state index contributed by atoms with van der Waals surface area (Å²) >= 11 is 3.48. The van der Waals surface area contributed by atoms with Gasteiger partial charge < -0.3 is 10.3 Å². The molecule has 0 atom stereocenters. The number of fused-ring (bicyclic) bond motifs is 1. The number of carbonyl (C=O) groups excluding carboxylic acids is 1. The summed E-state index contributed by atoms with van der Waals surface area (Å²) in [5.74, 6) is 0.506. The summed E-state index contributed by atoms with van der Waals surface area (Å²) in [6.45, 7) is 1.95. The molecule has 144 valence electrons. The van der Waals surface area contributed by atoms with E-state index < -0.39 is 0 Å². The molecule has 4 rings (SSSR count). The minimum absolute atomic E-state index is 0.158. The summed E-state index contributed by atoms with van der Waals surface area (Å²) in [7, 11) is 0. The Bertz CT molecular complexity index is 1210. The maximum atomic E-state index is 12.4. The van der Waals surface area contributed by atoms with Crippen molar-refractivity contribution in [3.8, 4) is 11.1 Å². The van der Waals surface area contributed by atoms with Crippen molar-refractivity contribution >= 4 is 38.6 Å². The molecule has 4 aromatic rings. The maximum absolute atomic E-state index is 12.4. The first kappa shape index (κ1) is 19.1. The Morgan fingerprint density at radius 3 is 2.93 bits per heavy atom. The van der Waals surface area contributed by atoms with Crippen molar-refractivity contribution in [2.24, 2.45) is 0 Å². The summed E-state index contributed by atoms with van der Waals surface area (Å²) in [6.07, 6.45) is 7.54.